The van der Waals surface area contributed by atoms with E-state index in [1.54, 1.807) is 0 Å². The fraction of sp³-hybridized carbons (Fsp3) is 0.833. The van der Waals surface area contributed by atoms with Crippen LogP contribution in [0.3, 0.4) is 0 Å². The highest BCUT2D eigenvalue weighted by molar-refractivity contribution is 4.79. The molecule has 1 rings (SSSR count). The van der Waals surface area contributed by atoms with E-state index in [0.29, 0.717) is 6.17 Å². The third kappa shape index (κ3) is 1.93. The van der Waals surface area contributed by atoms with Gasteiger partial charge in [-0.15, -0.1) is 0 Å². The lowest BCUT2D eigenvalue weighted by atomic mass is 10.3. The van der Waals surface area contributed by atoms with Gasteiger partial charge < -0.3 is 5.32 Å². The minimum atomic E-state index is 0.495. The molecular formula is C6H14N3. The maximum atomic E-state index is 3.33. The highest BCUT2D eigenvalue weighted by Crippen LogP contribution is 1.90. The zero-order valence-electron chi connectivity index (χ0n) is 6.02. The number of piperazine rings is 1. The second kappa shape index (κ2) is 3.15. The van der Waals surface area contributed by atoms with Crippen LogP contribution in [0.5, 0.6) is 0 Å². The van der Waals surface area contributed by atoms with Crippen molar-refractivity contribution in [2.75, 3.05) is 27.2 Å². The normalized spacial score (nSPS) is 29.0. The predicted octanol–water partition coefficient (Wildman–Crippen LogP) is -0.771. The summed E-state index contributed by atoms with van der Waals surface area (Å²) < 4.78 is 0. The van der Waals surface area contributed by atoms with E-state index in [1.807, 2.05) is 6.54 Å². The molecular weight excluding hydrogens is 114 g/mol. The minimum absolute atomic E-state index is 0.495. The van der Waals surface area contributed by atoms with Gasteiger partial charge >= 0.3 is 0 Å². The third-order valence-electron chi connectivity index (χ3n) is 1.53. The Morgan fingerprint density at radius 1 is 1.56 bits per heavy atom. The van der Waals surface area contributed by atoms with Crippen molar-refractivity contribution in [3.8, 4) is 0 Å². The van der Waals surface area contributed by atoms with Crippen LogP contribution in [-0.2, 0) is 0 Å². The topological polar surface area (TPSA) is 27.3 Å². The summed E-state index contributed by atoms with van der Waals surface area (Å²) in [6, 6.07) is 0. The van der Waals surface area contributed by atoms with Crippen LogP contribution in [0.15, 0.2) is 0 Å². The van der Waals surface area contributed by atoms with Gasteiger partial charge in [-0.1, -0.05) is 0 Å². The minimum Gasteiger partial charge on any atom is -0.308 e. The Morgan fingerprint density at radius 2 is 2.33 bits per heavy atom. The van der Waals surface area contributed by atoms with E-state index >= 15 is 0 Å². The number of nitrogens with one attached hydrogen (secondary N) is 2. The van der Waals surface area contributed by atoms with Crippen molar-refractivity contribution in [2.24, 2.45) is 0 Å². The molecule has 0 amide bonds. The smallest absolute Gasteiger partial charge is 0.0721 e. The standard InChI is InChI=1S/C6H14N3/c1-9(2)6-5-7-3-4-8-6/h3,6-8H,4-5H2,1-2H3. The maximum absolute atomic E-state index is 3.33. The summed E-state index contributed by atoms with van der Waals surface area (Å²) in [6.45, 7) is 4.01. The van der Waals surface area contributed by atoms with Gasteiger partial charge in [-0.2, -0.15) is 0 Å². The molecule has 53 valence electrons. The zero-order valence-corrected chi connectivity index (χ0v) is 6.02. The predicted molar refractivity (Wildman–Crippen MR) is 37.8 cm³/mol. The Labute approximate surface area is 56.4 Å². The Bertz CT molecular complexity index is 76.4. The lowest BCUT2D eigenvalue weighted by Crippen LogP contribution is -2.52. The molecule has 1 aliphatic rings. The van der Waals surface area contributed by atoms with Gasteiger partial charge in [0.2, 0.25) is 0 Å². The summed E-state index contributed by atoms with van der Waals surface area (Å²) in [5, 5.41) is 6.51. The SMILES string of the molecule is CN(C)C1CN[CH]CN1. The molecule has 0 aromatic heterocycles. The van der Waals surface area contributed by atoms with Crippen molar-refractivity contribution in [3.05, 3.63) is 6.54 Å². The van der Waals surface area contributed by atoms with Gasteiger partial charge in [-0.05, 0) is 14.1 Å². The van der Waals surface area contributed by atoms with E-state index < -0.39 is 0 Å². The average molecular weight is 128 g/mol. The first-order valence-corrected chi connectivity index (χ1v) is 3.25. The number of rotatable bonds is 1. The molecule has 0 aromatic rings. The summed E-state index contributed by atoms with van der Waals surface area (Å²) in [6.07, 6.45) is 0.495. The van der Waals surface area contributed by atoms with Crippen LogP contribution in [0.2, 0.25) is 0 Å². The first-order chi connectivity index (χ1) is 4.30. The quantitative estimate of drug-likeness (QED) is 0.485. The van der Waals surface area contributed by atoms with E-state index in [0.717, 1.165) is 13.1 Å². The van der Waals surface area contributed by atoms with Crippen LogP contribution < -0.4 is 10.6 Å². The molecule has 1 saturated heterocycles. The van der Waals surface area contributed by atoms with E-state index in [4.69, 9.17) is 0 Å². The Balaban J connectivity index is 2.23. The van der Waals surface area contributed by atoms with E-state index in [9.17, 15) is 0 Å². The van der Waals surface area contributed by atoms with Gasteiger partial charge in [0, 0.05) is 19.6 Å². The Hall–Kier alpha value is -0.120. The summed E-state index contributed by atoms with van der Waals surface area (Å²) in [5.41, 5.74) is 0. The molecule has 1 radical (unpaired) electrons. The molecule has 1 atom stereocenters. The number of likely N-dealkylation sites (N-methyl/N-ethyl adjacent to an activating group) is 1. The second-order valence-electron chi connectivity index (χ2n) is 2.50. The largest absolute Gasteiger partial charge is 0.308 e. The van der Waals surface area contributed by atoms with Crippen molar-refractivity contribution in [3.63, 3.8) is 0 Å². The lowest BCUT2D eigenvalue weighted by Gasteiger charge is -2.29. The van der Waals surface area contributed by atoms with Crippen LogP contribution in [-0.4, -0.2) is 38.3 Å². The monoisotopic (exact) mass is 128 g/mol. The molecule has 0 spiro atoms. The molecule has 0 saturated carbocycles. The molecule has 1 heterocycles. The summed E-state index contributed by atoms with van der Waals surface area (Å²) >= 11 is 0. The molecule has 0 aliphatic carbocycles. The van der Waals surface area contributed by atoms with E-state index in [2.05, 4.69) is 29.6 Å². The molecule has 0 aromatic carbocycles. The van der Waals surface area contributed by atoms with Gasteiger partial charge in [0.15, 0.2) is 0 Å². The summed E-state index contributed by atoms with van der Waals surface area (Å²) in [5.74, 6) is 0. The van der Waals surface area contributed by atoms with Crippen molar-refractivity contribution >= 4 is 0 Å². The first kappa shape index (κ1) is 6.99. The molecule has 9 heavy (non-hydrogen) atoms. The van der Waals surface area contributed by atoms with Gasteiger partial charge in [0.25, 0.3) is 0 Å². The molecule has 1 fully saturated rings. The molecule has 0 bridgehead atoms. The van der Waals surface area contributed by atoms with Crippen molar-refractivity contribution < 1.29 is 0 Å². The summed E-state index contributed by atoms with van der Waals surface area (Å²) in [4.78, 5) is 2.17. The highest BCUT2D eigenvalue weighted by atomic mass is 15.3. The molecule has 1 unspecified atom stereocenters. The second-order valence-corrected chi connectivity index (χ2v) is 2.50. The van der Waals surface area contributed by atoms with Gasteiger partial charge in [-0.25, -0.2) is 0 Å². The van der Waals surface area contributed by atoms with Crippen LogP contribution in [0.4, 0.5) is 0 Å². The third-order valence-corrected chi connectivity index (χ3v) is 1.53. The summed E-state index contributed by atoms with van der Waals surface area (Å²) in [7, 11) is 4.15. The first-order valence-electron chi connectivity index (χ1n) is 3.25. The van der Waals surface area contributed by atoms with E-state index in [1.165, 1.54) is 0 Å². The zero-order chi connectivity index (χ0) is 6.69. The van der Waals surface area contributed by atoms with Crippen molar-refractivity contribution in [2.45, 2.75) is 6.17 Å². The average Bonchev–Trinajstić information content (AvgIpc) is 1.90. The maximum Gasteiger partial charge on any atom is 0.0721 e. The van der Waals surface area contributed by atoms with Crippen LogP contribution in [0, 0.1) is 6.54 Å². The number of hydrogen-bond acceptors (Lipinski definition) is 3. The van der Waals surface area contributed by atoms with E-state index in [-0.39, 0.29) is 0 Å². The molecule has 3 nitrogen and oxygen atoms in total. The fourth-order valence-corrected chi connectivity index (χ4v) is 0.899. The Kier molecular flexibility index (Phi) is 2.45. The van der Waals surface area contributed by atoms with Crippen LogP contribution >= 0.6 is 0 Å². The lowest BCUT2D eigenvalue weighted by molar-refractivity contribution is 0.229. The number of nitrogens with zero attached hydrogens (tertiary/aromatic N) is 1. The van der Waals surface area contributed by atoms with Gasteiger partial charge in [-0.3, -0.25) is 10.2 Å². The highest BCUT2D eigenvalue weighted by Gasteiger charge is 2.12. The van der Waals surface area contributed by atoms with Crippen molar-refractivity contribution in [1.29, 1.82) is 0 Å². The van der Waals surface area contributed by atoms with Crippen LogP contribution in [0.1, 0.15) is 0 Å². The fourth-order valence-electron chi connectivity index (χ4n) is 0.899. The number of hydrogen-bond donors (Lipinski definition) is 2. The Morgan fingerprint density at radius 3 is 2.67 bits per heavy atom. The van der Waals surface area contributed by atoms with Gasteiger partial charge in [0.1, 0.15) is 0 Å². The van der Waals surface area contributed by atoms with Crippen molar-refractivity contribution in [1.82, 2.24) is 15.5 Å². The van der Waals surface area contributed by atoms with Crippen LogP contribution in [0.25, 0.3) is 0 Å². The molecule has 1 aliphatic heterocycles. The molecule has 2 N–H and O–H groups in total. The van der Waals surface area contributed by atoms with Gasteiger partial charge in [0.05, 0.1) is 6.17 Å². The molecule has 3 heteroatoms.